The van der Waals surface area contributed by atoms with Gasteiger partial charge in [0.1, 0.15) is 5.75 Å². The zero-order chi connectivity index (χ0) is 20.8. The number of carbonyl (C=O) groups is 2. The number of rotatable bonds is 7. The van der Waals surface area contributed by atoms with Crippen LogP contribution in [0.15, 0.2) is 42.5 Å². The number of ether oxygens (including phenoxy) is 1. The number of fused-ring (bicyclic) bond motifs is 1. The Morgan fingerprint density at radius 2 is 1.77 bits per heavy atom. The third kappa shape index (κ3) is 6.21. The highest BCUT2D eigenvalue weighted by atomic mass is 35.5. The minimum Gasteiger partial charge on any atom is -0.493 e. The number of amides is 2. The Hall–Kier alpha value is -2.57. The molecule has 0 radical (unpaired) electrons. The summed E-state index contributed by atoms with van der Waals surface area (Å²) in [4.78, 5) is 23.8. The molecule has 1 aliphatic rings. The van der Waals surface area contributed by atoms with Crippen molar-refractivity contribution in [2.45, 2.75) is 39.3 Å². The molecule has 1 atom stereocenters. The third-order valence-electron chi connectivity index (χ3n) is 5.13. The van der Waals surface area contributed by atoms with E-state index < -0.39 is 6.04 Å². The number of aryl methyl sites for hydroxylation is 1. The fourth-order valence-corrected chi connectivity index (χ4v) is 3.21. The van der Waals surface area contributed by atoms with E-state index >= 15 is 0 Å². The monoisotopic (exact) mass is 431 g/mol. The maximum Gasteiger partial charge on any atom is 0.239 e. The van der Waals surface area contributed by atoms with E-state index in [0.29, 0.717) is 6.54 Å². The first-order valence-corrected chi connectivity index (χ1v) is 10.1. The second kappa shape index (κ2) is 11.0. The van der Waals surface area contributed by atoms with Crippen molar-refractivity contribution in [3.63, 3.8) is 0 Å². The molecule has 6 nitrogen and oxygen atoms in total. The van der Waals surface area contributed by atoms with Crippen molar-refractivity contribution in [3.05, 3.63) is 53.6 Å². The van der Waals surface area contributed by atoms with Gasteiger partial charge in [-0.3, -0.25) is 9.59 Å². The van der Waals surface area contributed by atoms with Crippen LogP contribution in [0.2, 0.25) is 0 Å². The molecule has 30 heavy (non-hydrogen) atoms. The molecule has 0 saturated carbocycles. The molecule has 2 aromatic carbocycles. The van der Waals surface area contributed by atoms with Gasteiger partial charge in [0.05, 0.1) is 19.2 Å². The van der Waals surface area contributed by atoms with Crippen LogP contribution in [0.3, 0.4) is 0 Å². The maximum absolute atomic E-state index is 12.0. The molecule has 0 fully saturated rings. The van der Waals surface area contributed by atoms with Crippen LogP contribution < -0.4 is 21.1 Å². The Bertz CT molecular complexity index is 868. The molecule has 2 amide bonds. The van der Waals surface area contributed by atoms with Crippen LogP contribution in [-0.4, -0.2) is 31.0 Å². The van der Waals surface area contributed by atoms with Gasteiger partial charge in [-0.2, -0.15) is 0 Å². The van der Waals surface area contributed by atoms with Gasteiger partial charge in [0.25, 0.3) is 0 Å². The molecule has 1 aliphatic heterocycles. The van der Waals surface area contributed by atoms with Gasteiger partial charge >= 0.3 is 0 Å². The summed E-state index contributed by atoms with van der Waals surface area (Å²) in [6, 6.07) is 13.8. The first kappa shape index (κ1) is 23.7. The van der Waals surface area contributed by atoms with Crippen LogP contribution in [0.25, 0.3) is 11.1 Å². The van der Waals surface area contributed by atoms with Gasteiger partial charge in [0.15, 0.2) is 0 Å². The zero-order valence-corrected chi connectivity index (χ0v) is 18.3. The number of hydrogen-bond acceptors (Lipinski definition) is 4. The smallest absolute Gasteiger partial charge is 0.239 e. The van der Waals surface area contributed by atoms with E-state index in [-0.39, 0.29) is 36.7 Å². The minimum absolute atomic E-state index is 0. The van der Waals surface area contributed by atoms with Crippen LogP contribution in [-0.2, 0) is 22.6 Å². The van der Waals surface area contributed by atoms with Crippen molar-refractivity contribution < 1.29 is 14.3 Å². The topological polar surface area (TPSA) is 93.5 Å². The SMILES string of the molecule is CC(C)[C@H](N)C(=O)NCC(=O)NCc1ccc(-c2ccc3c(c2)CCCO3)cc1.Cl. The maximum atomic E-state index is 12.0. The van der Waals surface area contributed by atoms with Gasteiger partial charge in [0, 0.05) is 6.54 Å². The molecular formula is C23H30ClN3O3. The summed E-state index contributed by atoms with van der Waals surface area (Å²) >= 11 is 0. The van der Waals surface area contributed by atoms with Gasteiger partial charge in [-0.05, 0) is 53.1 Å². The van der Waals surface area contributed by atoms with Gasteiger partial charge in [-0.15, -0.1) is 12.4 Å². The lowest BCUT2D eigenvalue weighted by Crippen LogP contribution is -2.47. The van der Waals surface area contributed by atoms with Gasteiger partial charge in [-0.25, -0.2) is 0 Å². The number of hydrogen-bond donors (Lipinski definition) is 3. The second-order valence-corrected chi connectivity index (χ2v) is 7.74. The fourth-order valence-electron chi connectivity index (χ4n) is 3.21. The van der Waals surface area contributed by atoms with Crippen molar-refractivity contribution >= 4 is 24.2 Å². The van der Waals surface area contributed by atoms with E-state index in [0.717, 1.165) is 41.9 Å². The second-order valence-electron chi connectivity index (χ2n) is 7.74. The predicted molar refractivity (Wildman–Crippen MR) is 121 cm³/mol. The minimum atomic E-state index is -0.606. The van der Waals surface area contributed by atoms with E-state index in [1.165, 1.54) is 5.56 Å². The molecule has 2 aromatic rings. The largest absolute Gasteiger partial charge is 0.493 e. The van der Waals surface area contributed by atoms with Gasteiger partial charge < -0.3 is 21.1 Å². The highest BCUT2D eigenvalue weighted by Crippen LogP contribution is 2.30. The molecule has 1 heterocycles. The molecule has 0 unspecified atom stereocenters. The lowest BCUT2D eigenvalue weighted by molar-refractivity contribution is -0.127. The normalized spacial score (nSPS) is 13.5. The molecule has 4 N–H and O–H groups in total. The van der Waals surface area contributed by atoms with Crippen LogP contribution >= 0.6 is 12.4 Å². The number of carbonyl (C=O) groups excluding carboxylic acids is 2. The average Bonchev–Trinajstić information content (AvgIpc) is 2.75. The van der Waals surface area contributed by atoms with Crippen molar-refractivity contribution in [2.24, 2.45) is 11.7 Å². The summed E-state index contributed by atoms with van der Waals surface area (Å²) in [6.45, 7) is 4.86. The summed E-state index contributed by atoms with van der Waals surface area (Å²) in [5, 5.41) is 5.38. The zero-order valence-electron chi connectivity index (χ0n) is 17.4. The average molecular weight is 432 g/mol. The number of nitrogens with one attached hydrogen (secondary N) is 2. The number of halogens is 1. The highest BCUT2D eigenvalue weighted by molar-refractivity contribution is 5.87. The number of nitrogens with two attached hydrogens (primary N) is 1. The van der Waals surface area contributed by atoms with Crippen LogP contribution in [0.4, 0.5) is 0 Å². The Balaban J connectivity index is 0.00000320. The van der Waals surface area contributed by atoms with Crippen molar-refractivity contribution in [1.29, 1.82) is 0 Å². The van der Waals surface area contributed by atoms with Crippen molar-refractivity contribution in [1.82, 2.24) is 10.6 Å². The van der Waals surface area contributed by atoms with Crippen LogP contribution in [0, 0.1) is 5.92 Å². The van der Waals surface area contributed by atoms with E-state index in [9.17, 15) is 9.59 Å². The Labute approximate surface area is 184 Å². The van der Waals surface area contributed by atoms with E-state index in [4.69, 9.17) is 10.5 Å². The summed E-state index contributed by atoms with van der Waals surface area (Å²) < 4.78 is 5.67. The Morgan fingerprint density at radius 1 is 1.07 bits per heavy atom. The molecular weight excluding hydrogens is 402 g/mol. The van der Waals surface area contributed by atoms with Gasteiger partial charge in [-0.1, -0.05) is 44.2 Å². The Kier molecular flexibility index (Phi) is 8.69. The lowest BCUT2D eigenvalue weighted by Gasteiger charge is -2.18. The van der Waals surface area contributed by atoms with E-state index in [1.807, 2.05) is 32.0 Å². The van der Waals surface area contributed by atoms with Crippen LogP contribution in [0.1, 0.15) is 31.4 Å². The standard InChI is InChI=1S/C23H29N3O3.ClH/c1-15(2)22(24)23(28)26-14-21(27)25-13-16-5-7-17(8-6-16)18-9-10-20-19(12-18)4-3-11-29-20;/h5-10,12,15,22H,3-4,11,13-14,24H2,1-2H3,(H,25,27)(H,26,28);1H/t22-;/m0./s1. The molecule has 0 aliphatic carbocycles. The fraction of sp³-hybridized carbons (Fsp3) is 0.391. The van der Waals surface area contributed by atoms with Crippen LogP contribution in [0.5, 0.6) is 5.75 Å². The van der Waals surface area contributed by atoms with E-state index in [1.54, 1.807) is 0 Å². The molecule has 0 bridgehead atoms. The van der Waals surface area contributed by atoms with E-state index in [2.05, 4.69) is 34.9 Å². The molecule has 7 heteroatoms. The lowest BCUT2D eigenvalue weighted by atomic mass is 9.98. The molecule has 3 rings (SSSR count). The summed E-state index contributed by atoms with van der Waals surface area (Å²) in [5.41, 5.74) is 10.3. The molecule has 162 valence electrons. The highest BCUT2D eigenvalue weighted by Gasteiger charge is 2.17. The summed E-state index contributed by atoms with van der Waals surface area (Å²) in [7, 11) is 0. The molecule has 0 spiro atoms. The Morgan fingerprint density at radius 3 is 2.47 bits per heavy atom. The first-order valence-electron chi connectivity index (χ1n) is 10.1. The van der Waals surface area contributed by atoms with Crippen molar-refractivity contribution in [3.8, 4) is 16.9 Å². The quantitative estimate of drug-likeness (QED) is 0.628. The number of benzene rings is 2. The third-order valence-corrected chi connectivity index (χ3v) is 5.13. The van der Waals surface area contributed by atoms with Crippen molar-refractivity contribution in [2.75, 3.05) is 13.2 Å². The molecule has 0 aromatic heterocycles. The molecule has 0 saturated heterocycles. The first-order chi connectivity index (χ1) is 13.9. The predicted octanol–water partition coefficient (Wildman–Crippen LogP) is 2.82. The summed E-state index contributed by atoms with van der Waals surface area (Å²) in [6.07, 6.45) is 2.10. The van der Waals surface area contributed by atoms with Gasteiger partial charge in [0.2, 0.25) is 11.8 Å². The summed E-state index contributed by atoms with van der Waals surface area (Å²) in [5.74, 6) is 0.461.